The highest BCUT2D eigenvalue weighted by Crippen LogP contribution is 2.35. The first-order valence-electron chi connectivity index (χ1n) is 7.69. The molecule has 0 atom stereocenters. The van der Waals surface area contributed by atoms with Crippen molar-refractivity contribution in [1.82, 2.24) is 4.98 Å². The van der Waals surface area contributed by atoms with Crippen LogP contribution in [0.1, 0.15) is 12.2 Å². The van der Waals surface area contributed by atoms with Crippen LogP contribution in [0.5, 0.6) is 11.5 Å². The lowest BCUT2D eigenvalue weighted by atomic mass is 10.1. The van der Waals surface area contributed by atoms with E-state index in [0.717, 1.165) is 17.0 Å². The van der Waals surface area contributed by atoms with Gasteiger partial charge in [-0.05, 0) is 30.3 Å². The predicted octanol–water partition coefficient (Wildman–Crippen LogP) is 3.99. The van der Waals surface area contributed by atoms with Gasteiger partial charge in [-0.1, -0.05) is 0 Å². The second-order valence-corrected chi connectivity index (χ2v) is 6.09. The zero-order chi connectivity index (χ0) is 17.6. The maximum absolute atomic E-state index is 12.0. The summed E-state index contributed by atoms with van der Waals surface area (Å²) in [5.74, 6) is 2.10. The van der Waals surface area contributed by atoms with Crippen molar-refractivity contribution >= 4 is 22.4 Å². The third-order valence-corrected chi connectivity index (χ3v) is 4.37. The Balaban J connectivity index is 1.69. The predicted molar refractivity (Wildman–Crippen MR) is 96.3 cm³/mol. The first-order chi connectivity index (χ1) is 12.2. The Hall–Kier alpha value is -2.80. The standard InChI is InChI=1S/C18H18N2O4S/c1-22-13-5-7-16(23-2)14(10-13)15-11-25-18(19-15)20-17(21)8-6-12-4-3-9-24-12/h3-5,7,9-11H,6,8H2,1-2H3,(H,19,20,21). The fraction of sp³-hybridized carbons (Fsp3) is 0.222. The van der Waals surface area contributed by atoms with Crippen LogP contribution in [0.2, 0.25) is 0 Å². The topological polar surface area (TPSA) is 73.6 Å². The van der Waals surface area contributed by atoms with E-state index in [2.05, 4.69) is 10.3 Å². The number of nitrogens with zero attached hydrogens (tertiary/aromatic N) is 1. The first-order valence-corrected chi connectivity index (χ1v) is 8.57. The minimum absolute atomic E-state index is 0.102. The molecule has 0 aliphatic carbocycles. The number of anilines is 1. The van der Waals surface area contributed by atoms with Gasteiger partial charge in [-0.2, -0.15) is 0 Å². The molecule has 0 fully saturated rings. The Morgan fingerprint density at radius 2 is 2.16 bits per heavy atom. The van der Waals surface area contributed by atoms with Crippen molar-refractivity contribution in [1.29, 1.82) is 0 Å². The van der Waals surface area contributed by atoms with E-state index in [-0.39, 0.29) is 5.91 Å². The number of thiazole rings is 1. The van der Waals surface area contributed by atoms with E-state index >= 15 is 0 Å². The Kier molecular flexibility index (Phi) is 5.35. The van der Waals surface area contributed by atoms with E-state index in [1.54, 1.807) is 20.5 Å². The van der Waals surface area contributed by atoms with Crippen molar-refractivity contribution < 1.29 is 18.7 Å². The molecule has 0 unspecified atom stereocenters. The van der Waals surface area contributed by atoms with Gasteiger partial charge in [0, 0.05) is 23.8 Å². The van der Waals surface area contributed by atoms with Crippen LogP contribution in [-0.2, 0) is 11.2 Å². The van der Waals surface area contributed by atoms with Gasteiger partial charge in [0.25, 0.3) is 0 Å². The fourth-order valence-corrected chi connectivity index (χ4v) is 3.07. The van der Waals surface area contributed by atoms with Crippen molar-refractivity contribution in [2.24, 2.45) is 0 Å². The molecule has 0 spiro atoms. The van der Waals surface area contributed by atoms with E-state index in [9.17, 15) is 4.79 Å². The van der Waals surface area contributed by atoms with Gasteiger partial charge in [-0.25, -0.2) is 4.98 Å². The Morgan fingerprint density at radius 1 is 1.28 bits per heavy atom. The monoisotopic (exact) mass is 358 g/mol. The molecule has 0 radical (unpaired) electrons. The van der Waals surface area contributed by atoms with Gasteiger partial charge in [-0.3, -0.25) is 4.79 Å². The second kappa shape index (κ2) is 7.85. The summed E-state index contributed by atoms with van der Waals surface area (Å²) in [6, 6.07) is 9.17. The number of rotatable bonds is 7. The van der Waals surface area contributed by atoms with E-state index in [1.807, 2.05) is 35.7 Å². The van der Waals surface area contributed by atoms with Gasteiger partial charge in [0.05, 0.1) is 26.2 Å². The second-order valence-electron chi connectivity index (χ2n) is 5.23. The van der Waals surface area contributed by atoms with E-state index in [0.29, 0.717) is 29.5 Å². The average Bonchev–Trinajstić information content (AvgIpc) is 3.31. The minimum Gasteiger partial charge on any atom is -0.497 e. The Labute approximate surface area is 149 Å². The molecule has 2 heterocycles. The lowest BCUT2D eigenvalue weighted by molar-refractivity contribution is -0.116. The number of aryl methyl sites for hydroxylation is 1. The molecular weight excluding hydrogens is 340 g/mol. The van der Waals surface area contributed by atoms with Gasteiger partial charge < -0.3 is 19.2 Å². The highest BCUT2D eigenvalue weighted by atomic mass is 32.1. The zero-order valence-corrected chi connectivity index (χ0v) is 14.8. The van der Waals surface area contributed by atoms with Crippen molar-refractivity contribution in [2.75, 3.05) is 19.5 Å². The van der Waals surface area contributed by atoms with Crippen LogP contribution in [0.4, 0.5) is 5.13 Å². The number of ether oxygens (including phenoxy) is 2. The average molecular weight is 358 g/mol. The van der Waals surface area contributed by atoms with Gasteiger partial charge in [-0.15, -0.1) is 11.3 Å². The van der Waals surface area contributed by atoms with E-state index in [4.69, 9.17) is 13.9 Å². The smallest absolute Gasteiger partial charge is 0.226 e. The lowest BCUT2D eigenvalue weighted by Crippen LogP contribution is -2.11. The molecule has 3 aromatic rings. The molecule has 2 aromatic heterocycles. The van der Waals surface area contributed by atoms with Gasteiger partial charge >= 0.3 is 0 Å². The minimum atomic E-state index is -0.102. The quantitative estimate of drug-likeness (QED) is 0.691. The highest BCUT2D eigenvalue weighted by Gasteiger charge is 2.13. The number of aromatic nitrogens is 1. The van der Waals surface area contributed by atoms with Crippen LogP contribution in [0.25, 0.3) is 11.3 Å². The zero-order valence-electron chi connectivity index (χ0n) is 13.9. The SMILES string of the molecule is COc1ccc(OC)c(-c2csc(NC(=O)CCc3ccco3)n2)c1. The van der Waals surface area contributed by atoms with E-state index < -0.39 is 0 Å². The number of carbonyl (C=O) groups is 1. The first kappa shape index (κ1) is 17.0. The molecular formula is C18H18N2O4S. The summed E-state index contributed by atoms with van der Waals surface area (Å²) in [4.78, 5) is 16.5. The fourth-order valence-electron chi connectivity index (χ4n) is 2.34. The largest absolute Gasteiger partial charge is 0.497 e. The molecule has 0 saturated heterocycles. The third-order valence-electron chi connectivity index (χ3n) is 3.61. The Morgan fingerprint density at radius 3 is 2.88 bits per heavy atom. The van der Waals surface area contributed by atoms with Gasteiger partial charge in [0.1, 0.15) is 17.3 Å². The molecule has 7 heteroatoms. The molecule has 0 aliphatic rings. The van der Waals surface area contributed by atoms with Crippen LogP contribution in [0.3, 0.4) is 0 Å². The molecule has 1 amide bonds. The molecule has 1 N–H and O–H groups in total. The van der Waals surface area contributed by atoms with Crippen molar-refractivity contribution in [3.8, 4) is 22.8 Å². The van der Waals surface area contributed by atoms with Crippen LogP contribution < -0.4 is 14.8 Å². The summed E-state index contributed by atoms with van der Waals surface area (Å²) in [5, 5.41) is 5.24. The maximum atomic E-state index is 12.0. The number of amides is 1. The Bertz CT molecular complexity index is 843. The molecule has 0 aliphatic heterocycles. The molecule has 6 nitrogen and oxygen atoms in total. The molecule has 25 heavy (non-hydrogen) atoms. The number of hydrogen-bond acceptors (Lipinski definition) is 6. The van der Waals surface area contributed by atoms with Crippen LogP contribution in [-0.4, -0.2) is 25.1 Å². The molecule has 0 saturated carbocycles. The maximum Gasteiger partial charge on any atom is 0.226 e. The van der Waals surface area contributed by atoms with Crippen molar-refractivity contribution in [3.63, 3.8) is 0 Å². The number of methoxy groups -OCH3 is 2. The summed E-state index contributed by atoms with van der Waals surface area (Å²) in [6.07, 6.45) is 2.49. The summed E-state index contributed by atoms with van der Waals surface area (Å²) in [6.45, 7) is 0. The van der Waals surface area contributed by atoms with Gasteiger partial charge in [0.15, 0.2) is 5.13 Å². The highest BCUT2D eigenvalue weighted by molar-refractivity contribution is 7.14. The lowest BCUT2D eigenvalue weighted by Gasteiger charge is -2.08. The summed E-state index contributed by atoms with van der Waals surface area (Å²) in [7, 11) is 3.21. The number of nitrogens with one attached hydrogen (secondary N) is 1. The molecule has 3 rings (SSSR count). The molecule has 130 valence electrons. The summed E-state index contributed by atoms with van der Waals surface area (Å²) < 4.78 is 15.9. The number of carbonyl (C=O) groups excluding carboxylic acids is 1. The summed E-state index contributed by atoms with van der Waals surface area (Å²) >= 11 is 1.37. The number of hydrogen-bond donors (Lipinski definition) is 1. The van der Waals surface area contributed by atoms with Crippen LogP contribution in [0.15, 0.2) is 46.4 Å². The normalized spacial score (nSPS) is 10.5. The number of furan rings is 1. The van der Waals surface area contributed by atoms with E-state index in [1.165, 1.54) is 11.3 Å². The summed E-state index contributed by atoms with van der Waals surface area (Å²) in [5.41, 5.74) is 1.54. The number of benzene rings is 1. The molecule has 1 aromatic carbocycles. The third kappa shape index (κ3) is 4.19. The molecule has 0 bridgehead atoms. The van der Waals surface area contributed by atoms with Crippen molar-refractivity contribution in [2.45, 2.75) is 12.8 Å². The van der Waals surface area contributed by atoms with Gasteiger partial charge in [0.2, 0.25) is 5.91 Å². The van der Waals surface area contributed by atoms with Crippen molar-refractivity contribution in [3.05, 3.63) is 47.7 Å². The van der Waals surface area contributed by atoms with Crippen LogP contribution in [0, 0.1) is 0 Å². The van der Waals surface area contributed by atoms with Crippen LogP contribution >= 0.6 is 11.3 Å².